The molecule has 2 N–H and O–H groups in total. The lowest BCUT2D eigenvalue weighted by molar-refractivity contribution is -0.127. The van der Waals surface area contributed by atoms with Gasteiger partial charge in [0.2, 0.25) is 5.91 Å². The topological polar surface area (TPSA) is 90.1 Å². The van der Waals surface area contributed by atoms with Crippen molar-refractivity contribution in [2.24, 2.45) is 11.7 Å². The SMILES string of the molecule is Cc1cc(-c2ncc(F)cc2F)cc(C)c1C1C(=O)CC(CC(N)=O)C1=O. The van der Waals surface area contributed by atoms with E-state index in [9.17, 15) is 23.2 Å². The Bertz CT molecular complexity index is 949. The van der Waals surface area contributed by atoms with E-state index >= 15 is 0 Å². The standard InChI is InChI=1S/C20H18F2N2O3/c1-9-3-11(19-14(22)7-13(21)8-24-19)4-10(2)17(9)18-15(25)5-12(20(18)27)6-16(23)26/h3-4,7-8,12,18H,5-6H2,1-2H3,(H2,23,26). The Morgan fingerprint density at radius 1 is 1.19 bits per heavy atom. The molecular formula is C20H18F2N2O3. The Labute approximate surface area is 154 Å². The lowest BCUT2D eigenvalue weighted by Crippen LogP contribution is -2.22. The molecule has 1 aliphatic carbocycles. The van der Waals surface area contributed by atoms with Gasteiger partial charge in [-0.1, -0.05) is 0 Å². The molecule has 1 amide bonds. The largest absolute Gasteiger partial charge is 0.370 e. The lowest BCUT2D eigenvalue weighted by atomic mass is 9.85. The van der Waals surface area contributed by atoms with E-state index in [0.717, 1.165) is 12.3 Å². The fraction of sp³-hybridized carbons (Fsp3) is 0.300. The van der Waals surface area contributed by atoms with E-state index in [1.165, 1.54) is 0 Å². The molecular weight excluding hydrogens is 354 g/mol. The third-order valence-electron chi connectivity index (χ3n) is 4.87. The van der Waals surface area contributed by atoms with Gasteiger partial charge in [0, 0.05) is 30.4 Å². The van der Waals surface area contributed by atoms with E-state index in [-0.39, 0.29) is 30.1 Å². The maximum atomic E-state index is 14.0. The normalized spacial score (nSPS) is 19.6. The van der Waals surface area contributed by atoms with E-state index in [2.05, 4.69) is 4.98 Å². The minimum Gasteiger partial charge on any atom is -0.370 e. The number of amides is 1. The first-order valence-corrected chi connectivity index (χ1v) is 8.46. The molecule has 1 saturated carbocycles. The van der Waals surface area contributed by atoms with Crippen LogP contribution >= 0.6 is 0 Å². The first kappa shape index (κ1) is 18.8. The molecule has 0 radical (unpaired) electrons. The van der Waals surface area contributed by atoms with E-state index in [0.29, 0.717) is 22.3 Å². The summed E-state index contributed by atoms with van der Waals surface area (Å²) in [4.78, 5) is 40.0. The number of nitrogens with zero attached hydrogens (tertiary/aromatic N) is 1. The van der Waals surface area contributed by atoms with Gasteiger partial charge < -0.3 is 5.73 Å². The van der Waals surface area contributed by atoms with Crippen LogP contribution in [0.25, 0.3) is 11.3 Å². The van der Waals surface area contributed by atoms with Crippen molar-refractivity contribution in [3.63, 3.8) is 0 Å². The van der Waals surface area contributed by atoms with Crippen molar-refractivity contribution in [1.29, 1.82) is 0 Å². The summed E-state index contributed by atoms with van der Waals surface area (Å²) in [5.74, 6) is -4.41. The molecule has 0 aliphatic heterocycles. The quantitative estimate of drug-likeness (QED) is 0.836. The number of Topliss-reactive ketones (excluding diaryl/α,β-unsaturated/α-hetero) is 2. The maximum absolute atomic E-state index is 14.0. The fourth-order valence-electron chi connectivity index (χ4n) is 3.77. The molecule has 2 atom stereocenters. The van der Waals surface area contributed by atoms with Crippen molar-refractivity contribution < 1.29 is 23.2 Å². The maximum Gasteiger partial charge on any atom is 0.218 e. The number of rotatable bonds is 4. The molecule has 7 heteroatoms. The first-order valence-electron chi connectivity index (χ1n) is 8.46. The number of ketones is 2. The van der Waals surface area contributed by atoms with Crippen LogP contribution in [0.3, 0.4) is 0 Å². The summed E-state index contributed by atoms with van der Waals surface area (Å²) in [6, 6.07) is 3.99. The van der Waals surface area contributed by atoms with Gasteiger partial charge in [-0.15, -0.1) is 0 Å². The van der Waals surface area contributed by atoms with Crippen LogP contribution in [-0.2, 0) is 14.4 Å². The van der Waals surface area contributed by atoms with Crippen molar-refractivity contribution >= 4 is 17.5 Å². The van der Waals surface area contributed by atoms with Crippen molar-refractivity contribution in [3.05, 3.63) is 52.7 Å². The lowest BCUT2D eigenvalue weighted by Gasteiger charge is -2.17. The van der Waals surface area contributed by atoms with E-state index in [4.69, 9.17) is 5.73 Å². The Kier molecular flexibility index (Phi) is 4.87. The minimum absolute atomic E-state index is 0.00942. The second-order valence-electron chi connectivity index (χ2n) is 6.88. The Morgan fingerprint density at radius 3 is 2.37 bits per heavy atom. The van der Waals surface area contributed by atoms with Gasteiger partial charge in [0.05, 0.1) is 6.20 Å². The number of pyridine rings is 1. The molecule has 0 saturated heterocycles. The molecule has 140 valence electrons. The number of carbonyl (C=O) groups is 3. The second-order valence-corrected chi connectivity index (χ2v) is 6.88. The molecule has 0 spiro atoms. The molecule has 2 aromatic rings. The van der Waals surface area contributed by atoms with Gasteiger partial charge in [-0.3, -0.25) is 19.4 Å². The molecule has 2 unspecified atom stereocenters. The van der Waals surface area contributed by atoms with Crippen LogP contribution in [0.2, 0.25) is 0 Å². The second kappa shape index (κ2) is 6.98. The summed E-state index contributed by atoms with van der Waals surface area (Å²) < 4.78 is 27.1. The van der Waals surface area contributed by atoms with Gasteiger partial charge in [0.25, 0.3) is 0 Å². The minimum atomic E-state index is -0.950. The fourth-order valence-corrected chi connectivity index (χ4v) is 3.77. The highest BCUT2D eigenvalue weighted by molar-refractivity contribution is 6.15. The van der Waals surface area contributed by atoms with Gasteiger partial charge >= 0.3 is 0 Å². The summed E-state index contributed by atoms with van der Waals surface area (Å²) in [6.07, 6.45) is 0.763. The number of aromatic nitrogens is 1. The molecule has 3 rings (SSSR count). The Balaban J connectivity index is 2.02. The molecule has 0 bridgehead atoms. The highest BCUT2D eigenvalue weighted by Gasteiger charge is 2.43. The average Bonchev–Trinajstić information content (AvgIpc) is 2.81. The third kappa shape index (κ3) is 3.49. The zero-order valence-corrected chi connectivity index (χ0v) is 14.9. The summed E-state index contributed by atoms with van der Waals surface area (Å²) in [7, 11) is 0. The molecule has 1 heterocycles. The van der Waals surface area contributed by atoms with E-state index in [1.807, 2.05) is 0 Å². The summed E-state index contributed by atoms with van der Waals surface area (Å²) >= 11 is 0. The highest BCUT2D eigenvalue weighted by Crippen LogP contribution is 2.38. The number of hydrogen-bond acceptors (Lipinski definition) is 4. The average molecular weight is 372 g/mol. The van der Waals surface area contributed by atoms with Crippen molar-refractivity contribution in [2.75, 3.05) is 0 Å². The molecule has 1 aliphatic rings. The monoisotopic (exact) mass is 372 g/mol. The van der Waals surface area contributed by atoms with E-state index < -0.39 is 29.4 Å². The summed E-state index contributed by atoms with van der Waals surface area (Å²) in [6.45, 7) is 3.43. The van der Waals surface area contributed by atoms with Gasteiger partial charge in [0.1, 0.15) is 23.2 Å². The van der Waals surface area contributed by atoms with Crippen LogP contribution in [0.5, 0.6) is 0 Å². The molecule has 1 aromatic heterocycles. The number of halogens is 2. The smallest absolute Gasteiger partial charge is 0.218 e. The predicted molar refractivity (Wildman–Crippen MR) is 93.7 cm³/mol. The van der Waals surface area contributed by atoms with Crippen LogP contribution in [-0.4, -0.2) is 22.5 Å². The number of primary amides is 1. The van der Waals surface area contributed by atoms with Crippen LogP contribution in [0.4, 0.5) is 8.78 Å². The van der Waals surface area contributed by atoms with Gasteiger partial charge in [-0.05, 0) is 42.7 Å². The van der Waals surface area contributed by atoms with Gasteiger partial charge in [0.15, 0.2) is 11.6 Å². The number of benzene rings is 1. The van der Waals surface area contributed by atoms with Crippen molar-refractivity contribution in [1.82, 2.24) is 4.98 Å². The number of hydrogen-bond donors (Lipinski definition) is 1. The Hall–Kier alpha value is -2.96. The zero-order chi connectivity index (χ0) is 19.9. The van der Waals surface area contributed by atoms with Gasteiger partial charge in [-0.25, -0.2) is 8.78 Å². The summed E-state index contributed by atoms with van der Waals surface area (Å²) in [5.41, 5.74) is 7.39. The van der Waals surface area contributed by atoms with Crippen molar-refractivity contribution in [2.45, 2.75) is 32.6 Å². The molecule has 5 nitrogen and oxygen atoms in total. The summed E-state index contributed by atoms with van der Waals surface area (Å²) in [5, 5.41) is 0. The molecule has 1 aromatic carbocycles. The van der Waals surface area contributed by atoms with Crippen molar-refractivity contribution in [3.8, 4) is 11.3 Å². The van der Waals surface area contributed by atoms with Crippen LogP contribution in [0, 0.1) is 31.4 Å². The predicted octanol–water partition coefficient (Wildman–Crippen LogP) is 2.76. The number of aryl methyl sites for hydroxylation is 2. The van der Waals surface area contributed by atoms with E-state index in [1.54, 1.807) is 26.0 Å². The van der Waals surface area contributed by atoms with Crippen LogP contribution < -0.4 is 5.73 Å². The van der Waals surface area contributed by atoms with Gasteiger partial charge in [-0.2, -0.15) is 0 Å². The van der Waals surface area contributed by atoms with Crippen LogP contribution in [0.1, 0.15) is 35.4 Å². The Morgan fingerprint density at radius 2 is 1.81 bits per heavy atom. The number of carbonyl (C=O) groups excluding carboxylic acids is 3. The highest BCUT2D eigenvalue weighted by atomic mass is 19.1. The third-order valence-corrected chi connectivity index (χ3v) is 4.87. The zero-order valence-electron chi connectivity index (χ0n) is 14.9. The first-order chi connectivity index (χ1) is 12.7. The molecule has 1 fully saturated rings. The van der Waals surface area contributed by atoms with Crippen LogP contribution in [0.15, 0.2) is 24.4 Å². The molecule has 27 heavy (non-hydrogen) atoms. The number of nitrogens with two attached hydrogens (primary N) is 1.